The number of rotatable bonds is 3. The summed E-state index contributed by atoms with van der Waals surface area (Å²) in [7, 11) is -3.45. The first-order valence-electron chi connectivity index (χ1n) is 6.41. The molecule has 2 rings (SSSR count). The Morgan fingerprint density at radius 2 is 1.90 bits per heavy atom. The first-order valence-corrected chi connectivity index (χ1v) is 9.88. The Kier molecular flexibility index (Phi) is 5.57. The van der Waals surface area contributed by atoms with Gasteiger partial charge in [-0.1, -0.05) is 15.9 Å². The van der Waals surface area contributed by atoms with Gasteiger partial charge in [-0.25, -0.2) is 8.42 Å². The van der Waals surface area contributed by atoms with Crippen LogP contribution >= 0.6 is 43.5 Å². The van der Waals surface area contributed by atoms with E-state index in [-0.39, 0.29) is 5.38 Å². The number of sulfonamides is 1. The smallest absolute Gasteiger partial charge is 0.207 e. The molecule has 7 heteroatoms. The van der Waals surface area contributed by atoms with E-state index < -0.39 is 10.0 Å². The minimum atomic E-state index is -3.45. The molecule has 0 radical (unpaired) electrons. The molecule has 1 fully saturated rings. The molecule has 0 aromatic heterocycles. The second-order valence-corrected chi connectivity index (χ2v) is 9.36. The van der Waals surface area contributed by atoms with Crippen molar-refractivity contribution in [3.05, 3.63) is 27.1 Å². The molecule has 0 amide bonds. The molecule has 0 spiro atoms. The Hall–Kier alpha value is 0.380. The van der Waals surface area contributed by atoms with E-state index in [2.05, 4.69) is 31.9 Å². The number of hydrogen-bond acceptors (Lipinski definition) is 2. The Balaban J connectivity index is 2.22. The van der Waals surface area contributed by atoms with Crippen molar-refractivity contribution in [3.8, 4) is 0 Å². The van der Waals surface area contributed by atoms with Gasteiger partial charge in [0.15, 0.2) is 0 Å². The van der Waals surface area contributed by atoms with Gasteiger partial charge in [-0.2, -0.15) is 4.31 Å². The third kappa shape index (κ3) is 3.58. The molecule has 1 unspecified atom stereocenters. The summed E-state index contributed by atoms with van der Waals surface area (Å²) in [4.78, 5) is 0.309. The lowest BCUT2D eigenvalue weighted by molar-refractivity contribution is 0.271. The van der Waals surface area contributed by atoms with Crippen molar-refractivity contribution in [2.24, 2.45) is 5.92 Å². The number of hydrogen-bond donors (Lipinski definition) is 0. The highest BCUT2D eigenvalue weighted by atomic mass is 79.9. The zero-order valence-corrected chi connectivity index (χ0v) is 15.8. The lowest BCUT2D eigenvalue weighted by atomic mass is 9.95. The average Bonchev–Trinajstić information content (AvgIpc) is 2.41. The van der Waals surface area contributed by atoms with Gasteiger partial charge in [0.05, 0.1) is 4.90 Å². The lowest BCUT2D eigenvalue weighted by Gasteiger charge is -2.32. The van der Waals surface area contributed by atoms with Crippen molar-refractivity contribution in [1.29, 1.82) is 0 Å². The van der Waals surface area contributed by atoms with Gasteiger partial charge in [-0.3, -0.25) is 0 Å². The fourth-order valence-electron chi connectivity index (χ4n) is 2.39. The number of piperidine rings is 1. The van der Waals surface area contributed by atoms with E-state index in [1.54, 1.807) is 16.4 Å². The van der Waals surface area contributed by atoms with Crippen LogP contribution in [0, 0.1) is 5.92 Å². The SMILES string of the molecule is CC(Cl)C1CCN(S(=O)(=O)c2cc(Br)ccc2Br)CC1. The van der Waals surface area contributed by atoms with Crippen LogP contribution in [0.4, 0.5) is 0 Å². The Morgan fingerprint density at radius 3 is 2.45 bits per heavy atom. The molecule has 1 saturated heterocycles. The summed E-state index contributed by atoms with van der Waals surface area (Å²) in [5.74, 6) is 0.397. The van der Waals surface area contributed by atoms with Gasteiger partial charge >= 0.3 is 0 Å². The van der Waals surface area contributed by atoms with Gasteiger partial charge in [0.25, 0.3) is 0 Å². The van der Waals surface area contributed by atoms with Crippen LogP contribution in [0.1, 0.15) is 19.8 Å². The van der Waals surface area contributed by atoms with Crippen molar-refractivity contribution in [2.75, 3.05) is 13.1 Å². The van der Waals surface area contributed by atoms with Crippen molar-refractivity contribution in [3.63, 3.8) is 0 Å². The van der Waals surface area contributed by atoms with Crippen LogP contribution in [-0.4, -0.2) is 31.2 Å². The molecule has 20 heavy (non-hydrogen) atoms. The van der Waals surface area contributed by atoms with Crippen molar-refractivity contribution >= 4 is 53.5 Å². The highest BCUT2D eigenvalue weighted by Crippen LogP contribution is 2.31. The fraction of sp³-hybridized carbons (Fsp3) is 0.538. The maximum absolute atomic E-state index is 12.7. The molecule has 1 aliphatic rings. The van der Waals surface area contributed by atoms with Gasteiger partial charge in [0.1, 0.15) is 0 Å². The quantitative estimate of drug-likeness (QED) is 0.653. The molecule has 3 nitrogen and oxygen atoms in total. The standard InChI is InChI=1S/C13H16Br2ClNO2S/c1-9(16)10-4-6-17(7-5-10)20(18,19)13-8-11(14)2-3-12(13)15/h2-3,8-10H,4-7H2,1H3. The Morgan fingerprint density at radius 1 is 1.30 bits per heavy atom. The number of alkyl halides is 1. The summed E-state index contributed by atoms with van der Waals surface area (Å²) in [6, 6.07) is 5.19. The van der Waals surface area contributed by atoms with Crippen molar-refractivity contribution in [2.45, 2.75) is 30.0 Å². The number of nitrogens with zero attached hydrogens (tertiary/aromatic N) is 1. The first-order chi connectivity index (χ1) is 9.32. The molecule has 1 heterocycles. The van der Waals surface area contributed by atoms with E-state index in [4.69, 9.17) is 11.6 Å². The van der Waals surface area contributed by atoms with E-state index in [0.29, 0.717) is 28.4 Å². The molecular weight excluding hydrogens is 429 g/mol. The first kappa shape index (κ1) is 16.7. The molecule has 0 N–H and O–H groups in total. The predicted octanol–water partition coefficient (Wildman–Crippen LogP) is 4.24. The molecule has 1 aromatic carbocycles. The summed E-state index contributed by atoms with van der Waals surface area (Å²) in [6.45, 7) is 3.04. The lowest BCUT2D eigenvalue weighted by Crippen LogP contribution is -2.40. The third-order valence-corrected chi connectivity index (χ3v) is 7.40. The van der Waals surface area contributed by atoms with Gasteiger partial charge in [-0.05, 0) is 59.8 Å². The minimum absolute atomic E-state index is 0.0949. The highest BCUT2D eigenvalue weighted by molar-refractivity contribution is 9.11. The highest BCUT2D eigenvalue weighted by Gasteiger charge is 2.32. The van der Waals surface area contributed by atoms with Crippen LogP contribution in [0.25, 0.3) is 0 Å². The second kappa shape index (κ2) is 6.65. The van der Waals surface area contributed by atoms with Crippen LogP contribution in [-0.2, 0) is 10.0 Å². The summed E-state index contributed by atoms with van der Waals surface area (Å²) >= 11 is 12.7. The number of benzene rings is 1. The molecule has 1 atom stereocenters. The summed E-state index contributed by atoms with van der Waals surface area (Å²) in [5, 5.41) is 0.0949. The van der Waals surface area contributed by atoms with E-state index in [1.807, 2.05) is 13.0 Å². The topological polar surface area (TPSA) is 37.4 Å². The summed E-state index contributed by atoms with van der Waals surface area (Å²) in [6.07, 6.45) is 1.63. The normalized spacial score (nSPS) is 20.0. The zero-order valence-electron chi connectivity index (χ0n) is 11.0. The van der Waals surface area contributed by atoms with Gasteiger partial charge in [-0.15, -0.1) is 11.6 Å². The Labute approximate surface area is 142 Å². The van der Waals surface area contributed by atoms with Crippen molar-refractivity contribution in [1.82, 2.24) is 4.31 Å². The largest absolute Gasteiger partial charge is 0.244 e. The van der Waals surface area contributed by atoms with Gasteiger partial charge in [0.2, 0.25) is 10.0 Å². The molecule has 0 aliphatic carbocycles. The van der Waals surface area contributed by atoms with Crippen molar-refractivity contribution < 1.29 is 8.42 Å². The molecule has 0 saturated carbocycles. The Bertz CT molecular complexity index is 584. The molecule has 0 bridgehead atoms. The van der Waals surface area contributed by atoms with Crippen LogP contribution in [0.15, 0.2) is 32.0 Å². The molecule has 1 aliphatic heterocycles. The van der Waals surface area contributed by atoms with E-state index in [0.717, 1.165) is 17.3 Å². The maximum Gasteiger partial charge on any atom is 0.244 e. The average molecular weight is 446 g/mol. The van der Waals surface area contributed by atoms with Gasteiger partial charge < -0.3 is 0 Å². The third-order valence-electron chi connectivity index (χ3n) is 3.66. The molecular formula is C13H16Br2ClNO2S. The summed E-state index contributed by atoms with van der Waals surface area (Å²) < 4.78 is 28.3. The van der Waals surface area contributed by atoms with Gasteiger partial charge in [0, 0.05) is 27.4 Å². The predicted molar refractivity (Wildman–Crippen MR) is 88.6 cm³/mol. The minimum Gasteiger partial charge on any atom is -0.207 e. The van der Waals surface area contributed by atoms with Crippen LogP contribution in [0.5, 0.6) is 0 Å². The molecule has 1 aromatic rings. The second-order valence-electron chi connectivity index (χ2n) is 4.99. The number of halogens is 3. The van der Waals surface area contributed by atoms with Crippen LogP contribution < -0.4 is 0 Å². The summed E-state index contributed by atoms with van der Waals surface area (Å²) in [5.41, 5.74) is 0. The maximum atomic E-state index is 12.7. The zero-order chi connectivity index (χ0) is 14.9. The van der Waals surface area contributed by atoms with E-state index in [1.165, 1.54) is 0 Å². The van der Waals surface area contributed by atoms with E-state index >= 15 is 0 Å². The fourth-order valence-corrected chi connectivity index (χ4v) is 5.57. The van der Waals surface area contributed by atoms with Crippen LogP contribution in [0.2, 0.25) is 0 Å². The van der Waals surface area contributed by atoms with Crippen LogP contribution in [0.3, 0.4) is 0 Å². The van der Waals surface area contributed by atoms with E-state index in [9.17, 15) is 8.42 Å². The molecule has 112 valence electrons. The monoisotopic (exact) mass is 443 g/mol.